The molecule has 0 amide bonds. The van der Waals surface area contributed by atoms with Crippen LogP contribution >= 0.6 is 0 Å². The van der Waals surface area contributed by atoms with E-state index in [1.54, 1.807) is 12.3 Å². The number of para-hydroxylation sites is 1. The van der Waals surface area contributed by atoms with Crippen molar-refractivity contribution >= 4 is 22.9 Å². The van der Waals surface area contributed by atoms with Crippen molar-refractivity contribution in [3.63, 3.8) is 0 Å². The highest BCUT2D eigenvalue weighted by Crippen LogP contribution is 2.24. The van der Waals surface area contributed by atoms with Crippen LogP contribution < -0.4 is 4.74 Å². The van der Waals surface area contributed by atoms with Gasteiger partial charge in [0.2, 0.25) is 0 Å². The Morgan fingerprint density at radius 3 is 2.83 bits per heavy atom. The normalized spacial score (nSPS) is 11.0. The van der Waals surface area contributed by atoms with Gasteiger partial charge in [-0.05, 0) is 29.8 Å². The van der Waals surface area contributed by atoms with Crippen LogP contribution in [0.3, 0.4) is 0 Å². The van der Waals surface area contributed by atoms with Crippen molar-refractivity contribution in [3.8, 4) is 5.75 Å². The van der Waals surface area contributed by atoms with Gasteiger partial charge in [-0.2, -0.15) is 0 Å². The van der Waals surface area contributed by atoms with Crippen LogP contribution in [-0.2, 0) is 11.4 Å². The van der Waals surface area contributed by atoms with Gasteiger partial charge in [-0.15, -0.1) is 0 Å². The maximum atomic E-state index is 14.0. The lowest BCUT2D eigenvalue weighted by atomic mass is 10.1. The summed E-state index contributed by atoms with van der Waals surface area (Å²) in [5, 5.41) is 9.55. The second-order valence-corrected chi connectivity index (χ2v) is 5.15. The fourth-order valence-corrected chi connectivity index (χ4v) is 2.31. The van der Waals surface area contributed by atoms with Crippen LogP contribution in [0.5, 0.6) is 5.75 Å². The van der Waals surface area contributed by atoms with Gasteiger partial charge in [-0.25, -0.2) is 9.18 Å². The van der Waals surface area contributed by atoms with Crippen LogP contribution in [0.2, 0.25) is 0 Å². The van der Waals surface area contributed by atoms with E-state index in [0.29, 0.717) is 11.3 Å². The maximum Gasteiger partial charge on any atom is 0.328 e. The minimum atomic E-state index is -1.12. The number of carboxylic acids is 1. The number of pyridine rings is 1. The molecule has 0 unspecified atom stereocenters. The predicted molar refractivity (Wildman–Crippen MR) is 89.1 cm³/mol. The SMILES string of the molecule is O=C(O)C=Cc1ccc(COc2cccc3cccnc23)cc1F. The summed E-state index contributed by atoms with van der Waals surface area (Å²) in [6, 6.07) is 14.0. The zero-order chi connectivity index (χ0) is 16.9. The molecule has 120 valence electrons. The Balaban J connectivity index is 1.77. The Kier molecular flexibility index (Phi) is 4.52. The lowest BCUT2D eigenvalue weighted by molar-refractivity contribution is -0.131. The lowest BCUT2D eigenvalue weighted by Crippen LogP contribution is -1.98. The molecule has 4 nitrogen and oxygen atoms in total. The molecule has 0 bridgehead atoms. The molecule has 0 aliphatic heterocycles. The summed E-state index contributed by atoms with van der Waals surface area (Å²) in [5.74, 6) is -0.988. The number of fused-ring (bicyclic) bond motifs is 1. The van der Waals surface area contributed by atoms with E-state index in [1.807, 2.05) is 30.3 Å². The van der Waals surface area contributed by atoms with Crippen molar-refractivity contribution in [2.75, 3.05) is 0 Å². The van der Waals surface area contributed by atoms with Crippen LogP contribution in [0, 0.1) is 5.82 Å². The van der Waals surface area contributed by atoms with Crippen LogP contribution in [0.1, 0.15) is 11.1 Å². The third-order valence-corrected chi connectivity index (χ3v) is 3.46. The second kappa shape index (κ2) is 6.91. The largest absolute Gasteiger partial charge is 0.487 e. The first-order valence-corrected chi connectivity index (χ1v) is 7.29. The zero-order valence-electron chi connectivity index (χ0n) is 12.6. The number of nitrogens with zero attached hydrogens (tertiary/aromatic N) is 1. The van der Waals surface area contributed by atoms with Gasteiger partial charge in [0, 0.05) is 23.2 Å². The van der Waals surface area contributed by atoms with E-state index in [9.17, 15) is 9.18 Å². The minimum absolute atomic E-state index is 0.190. The van der Waals surface area contributed by atoms with E-state index in [-0.39, 0.29) is 12.2 Å². The summed E-state index contributed by atoms with van der Waals surface area (Å²) in [7, 11) is 0. The number of hydrogen-bond acceptors (Lipinski definition) is 3. The Morgan fingerprint density at radius 1 is 1.21 bits per heavy atom. The van der Waals surface area contributed by atoms with Gasteiger partial charge in [0.25, 0.3) is 0 Å². The van der Waals surface area contributed by atoms with Crippen molar-refractivity contribution in [1.29, 1.82) is 0 Å². The average molecular weight is 323 g/mol. The molecule has 2 aromatic carbocycles. The smallest absolute Gasteiger partial charge is 0.328 e. The van der Waals surface area contributed by atoms with E-state index in [4.69, 9.17) is 9.84 Å². The van der Waals surface area contributed by atoms with Crippen molar-refractivity contribution in [2.45, 2.75) is 6.61 Å². The van der Waals surface area contributed by atoms with Crippen molar-refractivity contribution in [1.82, 2.24) is 4.98 Å². The van der Waals surface area contributed by atoms with Crippen molar-refractivity contribution in [2.24, 2.45) is 0 Å². The number of carboxylic acid groups (broad SMARTS) is 1. The van der Waals surface area contributed by atoms with Gasteiger partial charge in [-0.1, -0.05) is 30.3 Å². The van der Waals surface area contributed by atoms with Gasteiger partial charge in [0.1, 0.15) is 23.7 Å². The van der Waals surface area contributed by atoms with Crippen molar-refractivity contribution in [3.05, 3.63) is 77.7 Å². The molecule has 1 aromatic heterocycles. The lowest BCUT2D eigenvalue weighted by Gasteiger charge is -2.09. The number of ether oxygens (including phenoxy) is 1. The third kappa shape index (κ3) is 3.57. The van der Waals surface area contributed by atoms with Crippen molar-refractivity contribution < 1.29 is 19.0 Å². The van der Waals surface area contributed by atoms with Crippen LogP contribution in [0.15, 0.2) is 60.8 Å². The number of carbonyl (C=O) groups is 1. The molecule has 1 N–H and O–H groups in total. The number of halogens is 1. The molecule has 24 heavy (non-hydrogen) atoms. The molecule has 0 atom stereocenters. The molecule has 0 fully saturated rings. The highest BCUT2D eigenvalue weighted by Gasteiger charge is 2.05. The number of aromatic nitrogens is 1. The molecule has 0 saturated heterocycles. The Bertz CT molecular complexity index is 916. The molecule has 1 heterocycles. The van der Waals surface area contributed by atoms with E-state index >= 15 is 0 Å². The average Bonchev–Trinajstić information content (AvgIpc) is 2.59. The van der Waals surface area contributed by atoms with Gasteiger partial charge in [-0.3, -0.25) is 4.98 Å². The molecule has 0 aliphatic carbocycles. The third-order valence-electron chi connectivity index (χ3n) is 3.46. The Hall–Kier alpha value is -3.21. The first-order valence-electron chi connectivity index (χ1n) is 7.29. The highest BCUT2D eigenvalue weighted by atomic mass is 19.1. The summed E-state index contributed by atoms with van der Waals surface area (Å²) >= 11 is 0. The second-order valence-electron chi connectivity index (χ2n) is 5.15. The predicted octanol–water partition coefficient (Wildman–Crippen LogP) is 4.05. The molecular formula is C19H14FNO3. The van der Waals surface area contributed by atoms with E-state index in [1.165, 1.54) is 18.2 Å². The van der Waals surface area contributed by atoms with Gasteiger partial charge >= 0.3 is 5.97 Å². The summed E-state index contributed by atoms with van der Waals surface area (Å²) in [5.41, 5.74) is 1.61. The Labute approximate surface area is 137 Å². The van der Waals surface area contributed by atoms with E-state index in [0.717, 1.165) is 17.0 Å². The quantitative estimate of drug-likeness (QED) is 0.720. The molecule has 5 heteroatoms. The number of rotatable bonds is 5. The zero-order valence-corrected chi connectivity index (χ0v) is 12.6. The fraction of sp³-hybridized carbons (Fsp3) is 0.0526. The van der Waals surface area contributed by atoms with Crippen LogP contribution in [0.25, 0.3) is 17.0 Å². The minimum Gasteiger partial charge on any atom is -0.487 e. The monoisotopic (exact) mass is 323 g/mol. The fourth-order valence-electron chi connectivity index (χ4n) is 2.31. The summed E-state index contributed by atoms with van der Waals surface area (Å²) in [6.45, 7) is 0.190. The number of aliphatic carboxylic acids is 1. The topological polar surface area (TPSA) is 59.4 Å². The summed E-state index contributed by atoms with van der Waals surface area (Å²) in [4.78, 5) is 14.8. The molecule has 0 radical (unpaired) electrons. The number of benzene rings is 2. The number of hydrogen-bond donors (Lipinski definition) is 1. The molecule has 0 saturated carbocycles. The van der Waals surface area contributed by atoms with E-state index < -0.39 is 11.8 Å². The molecule has 3 rings (SSSR count). The Morgan fingerprint density at radius 2 is 2.04 bits per heavy atom. The summed E-state index contributed by atoms with van der Waals surface area (Å²) < 4.78 is 19.7. The molecule has 0 spiro atoms. The highest BCUT2D eigenvalue weighted by molar-refractivity contribution is 5.85. The first kappa shape index (κ1) is 15.7. The van der Waals surface area contributed by atoms with E-state index in [2.05, 4.69) is 4.98 Å². The van der Waals surface area contributed by atoms with Crippen LogP contribution in [-0.4, -0.2) is 16.1 Å². The van der Waals surface area contributed by atoms with Gasteiger partial charge in [0.15, 0.2) is 0 Å². The standard InChI is InChI=1S/C19H14FNO3/c20-16-11-13(6-7-14(16)8-9-18(22)23)12-24-17-5-1-3-15-4-2-10-21-19(15)17/h1-11H,12H2,(H,22,23). The molecule has 3 aromatic rings. The molecular weight excluding hydrogens is 309 g/mol. The summed E-state index contributed by atoms with van der Waals surface area (Å²) in [6.07, 6.45) is 3.81. The van der Waals surface area contributed by atoms with Crippen LogP contribution in [0.4, 0.5) is 4.39 Å². The maximum absolute atomic E-state index is 14.0. The van der Waals surface area contributed by atoms with Gasteiger partial charge < -0.3 is 9.84 Å². The first-order chi connectivity index (χ1) is 11.6. The molecule has 0 aliphatic rings. The van der Waals surface area contributed by atoms with Gasteiger partial charge in [0.05, 0.1) is 0 Å².